The highest BCUT2D eigenvalue weighted by Gasteiger charge is 2.12. The molecule has 1 unspecified atom stereocenters. The molecule has 2 N–H and O–H groups in total. The molecule has 1 aliphatic rings. The van der Waals surface area contributed by atoms with Crippen molar-refractivity contribution in [1.82, 2.24) is 0 Å². The minimum atomic E-state index is 0.300. The molecule has 0 heterocycles. The van der Waals surface area contributed by atoms with E-state index >= 15 is 0 Å². The molecule has 0 amide bonds. The average molecular weight is 278 g/mol. The number of phenolic OH excluding ortho intramolecular Hbond substituents is 2. The van der Waals surface area contributed by atoms with Crippen LogP contribution in [0.15, 0.2) is 60.7 Å². The van der Waals surface area contributed by atoms with Crippen LogP contribution in [0.25, 0.3) is 5.57 Å². The fraction of sp³-hybridized carbons (Fsp3) is 0.158. The third kappa shape index (κ3) is 2.84. The maximum Gasteiger partial charge on any atom is 0.118 e. The molecule has 0 bridgehead atoms. The van der Waals surface area contributed by atoms with Gasteiger partial charge in [0.15, 0.2) is 0 Å². The van der Waals surface area contributed by atoms with E-state index in [4.69, 9.17) is 0 Å². The van der Waals surface area contributed by atoms with Crippen molar-refractivity contribution < 1.29 is 10.2 Å². The summed E-state index contributed by atoms with van der Waals surface area (Å²) in [6.07, 6.45) is 7.50. The van der Waals surface area contributed by atoms with Crippen molar-refractivity contribution in [2.75, 3.05) is 0 Å². The van der Waals surface area contributed by atoms with Gasteiger partial charge in [-0.25, -0.2) is 0 Å². The van der Waals surface area contributed by atoms with E-state index in [0.717, 1.165) is 17.5 Å². The van der Waals surface area contributed by atoms with Crippen LogP contribution in [0, 0.1) is 6.92 Å². The quantitative estimate of drug-likeness (QED) is 0.847. The second-order valence-corrected chi connectivity index (χ2v) is 5.45. The van der Waals surface area contributed by atoms with Gasteiger partial charge in [-0.1, -0.05) is 36.4 Å². The van der Waals surface area contributed by atoms with Gasteiger partial charge < -0.3 is 10.2 Å². The summed E-state index contributed by atoms with van der Waals surface area (Å²) in [7, 11) is 0. The number of aromatic hydroxyl groups is 2. The lowest BCUT2D eigenvalue weighted by Gasteiger charge is -2.17. The summed E-state index contributed by atoms with van der Waals surface area (Å²) in [6, 6.07) is 13.1. The van der Waals surface area contributed by atoms with Gasteiger partial charge in [0, 0.05) is 5.92 Å². The summed E-state index contributed by atoms with van der Waals surface area (Å²) in [5, 5.41) is 18.9. The molecule has 2 aromatic rings. The van der Waals surface area contributed by atoms with E-state index in [1.165, 1.54) is 11.1 Å². The normalized spacial score (nSPS) is 17.6. The first-order valence-corrected chi connectivity index (χ1v) is 7.11. The molecule has 2 aromatic carbocycles. The molecule has 0 radical (unpaired) electrons. The zero-order valence-electron chi connectivity index (χ0n) is 12.0. The predicted octanol–water partition coefficient (Wildman–Crippen LogP) is 4.53. The van der Waals surface area contributed by atoms with E-state index in [1.807, 2.05) is 31.2 Å². The lowest BCUT2D eigenvalue weighted by molar-refractivity contribution is 0.471. The smallest absolute Gasteiger partial charge is 0.118 e. The highest BCUT2D eigenvalue weighted by Crippen LogP contribution is 2.32. The Labute approximate surface area is 124 Å². The number of aryl methyl sites for hydroxylation is 1. The zero-order chi connectivity index (χ0) is 14.8. The number of phenols is 2. The van der Waals surface area contributed by atoms with Crippen molar-refractivity contribution in [3.8, 4) is 11.5 Å². The van der Waals surface area contributed by atoms with Crippen LogP contribution < -0.4 is 0 Å². The third-order valence-corrected chi connectivity index (χ3v) is 3.95. The Hall–Kier alpha value is -2.48. The summed E-state index contributed by atoms with van der Waals surface area (Å²) in [6.45, 7) is 1.91. The molecule has 3 rings (SSSR count). The first-order chi connectivity index (χ1) is 10.1. The van der Waals surface area contributed by atoms with Crippen molar-refractivity contribution in [1.29, 1.82) is 0 Å². The van der Waals surface area contributed by atoms with Gasteiger partial charge in [0.1, 0.15) is 11.5 Å². The molecule has 0 saturated heterocycles. The molecule has 0 spiro atoms. The molecular weight excluding hydrogens is 260 g/mol. The third-order valence-electron chi connectivity index (χ3n) is 3.95. The Balaban J connectivity index is 1.79. The molecule has 0 aliphatic heterocycles. The lowest BCUT2D eigenvalue weighted by Crippen LogP contribution is -1.98. The van der Waals surface area contributed by atoms with Crippen LogP contribution in [0.5, 0.6) is 11.5 Å². The molecule has 0 fully saturated rings. The van der Waals surface area contributed by atoms with E-state index in [0.29, 0.717) is 17.4 Å². The fourth-order valence-corrected chi connectivity index (χ4v) is 2.64. The molecule has 1 atom stereocenters. The van der Waals surface area contributed by atoms with Crippen LogP contribution in [-0.4, -0.2) is 10.2 Å². The van der Waals surface area contributed by atoms with E-state index in [2.05, 4.69) is 18.2 Å². The number of allylic oxidation sites excluding steroid dienone is 4. The Morgan fingerprint density at radius 1 is 1.00 bits per heavy atom. The molecule has 2 heteroatoms. The Morgan fingerprint density at radius 2 is 1.76 bits per heavy atom. The van der Waals surface area contributed by atoms with Gasteiger partial charge in [-0.15, -0.1) is 0 Å². The van der Waals surface area contributed by atoms with Crippen LogP contribution in [0.1, 0.15) is 29.0 Å². The van der Waals surface area contributed by atoms with Gasteiger partial charge in [-0.05, 0) is 59.9 Å². The fourth-order valence-electron chi connectivity index (χ4n) is 2.64. The number of rotatable bonds is 2. The summed E-state index contributed by atoms with van der Waals surface area (Å²) in [4.78, 5) is 0. The van der Waals surface area contributed by atoms with E-state index < -0.39 is 0 Å². The highest BCUT2D eigenvalue weighted by molar-refractivity contribution is 5.76. The standard InChI is InChI=1S/C19H18O2/c1-13-12-17(8-11-19(13)21)16-4-2-14(3-5-16)15-6-9-18(20)10-7-15/h2,4-12,14,20-21H,3H2,1H3. The first-order valence-electron chi connectivity index (χ1n) is 7.11. The van der Waals surface area contributed by atoms with Crippen LogP contribution in [0.2, 0.25) is 0 Å². The topological polar surface area (TPSA) is 40.5 Å². The SMILES string of the molecule is Cc1cc(C2=CCC(c3ccc(O)cc3)C=C2)ccc1O. The van der Waals surface area contributed by atoms with E-state index in [-0.39, 0.29) is 0 Å². The molecule has 0 saturated carbocycles. The van der Waals surface area contributed by atoms with Crippen molar-refractivity contribution in [2.24, 2.45) is 0 Å². The lowest BCUT2D eigenvalue weighted by atomic mass is 9.88. The molecule has 1 aliphatic carbocycles. The van der Waals surface area contributed by atoms with Gasteiger partial charge >= 0.3 is 0 Å². The van der Waals surface area contributed by atoms with Crippen LogP contribution in [0.4, 0.5) is 0 Å². The first kappa shape index (κ1) is 13.5. The Morgan fingerprint density at radius 3 is 2.38 bits per heavy atom. The van der Waals surface area contributed by atoms with Gasteiger partial charge in [-0.3, -0.25) is 0 Å². The second kappa shape index (κ2) is 5.49. The summed E-state index contributed by atoms with van der Waals surface area (Å²) in [5.41, 5.74) is 4.42. The number of hydrogen-bond acceptors (Lipinski definition) is 2. The van der Waals surface area contributed by atoms with Gasteiger partial charge in [0.05, 0.1) is 0 Å². The van der Waals surface area contributed by atoms with Crippen LogP contribution in [-0.2, 0) is 0 Å². The summed E-state index contributed by atoms with van der Waals surface area (Å²) < 4.78 is 0. The number of benzene rings is 2. The van der Waals surface area contributed by atoms with E-state index in [9.17, 15) is 10.2 Å². The van der Waals surface area contributed by atoms with Crippen molar-refractivity contribution in [3.63, 3.8) is 0 Å². The molecule has 21 heavy (non-hydrogen) atoms. The Bertz CT molecular complexity index is 709. The zero-order valence-corrected chi connectivity index (χ0v) is 12.0. The maximum absolute atomic E-state index is 9.60. The van der Waals surface area contributed by atoms with Gasteiger partial charge in [0.2, 0.25) is 0 Å². The van der Waals surface area contributed by atoms with Gasteiger partial charge in [-0.2, -0.15) is 0 Å². The monoisotopic (exact) mass is 278 g/mol. The van der Waals surface area contributed by atoms with Crippen molar-refractivity contribution in [2.45, 2.75) is 19.3 Å². The molecule has 0 aromatic heterocycles. The Kier molecular flexibility index (Phi) is 3.53. The van der Waals surface area contributed by atoms with Crippen molar-refractivity contribution >= 4 is 5.57 Å². The minimum absolute atomic E-state index is 0.300. The molecule has 2 nitrogen and oxygen atoms in total. The van der Waals surface area contributed by atoms with E-state index in [1.54, 1.807) is 18.2 Å². The average Bonchev–Trinajstić information content (AvgIpc) is 2.51. The molecule has 106 valence electrons. The van der Waals surface area contributed by atoms with Crippen LogP contribution >= 0.6 is 0 Å². The van der Waals surface area contributed by atoms with Crippen LogP contribution in [0.3, 0.4) is 0 Å². The minimum Gasteiger partial charge on any atom is -0.508 e. The maximum atomic E-state index is 9.60. The van der Waals surface area contributed by atoms with Gasteiger partial charge in [0.25, 0.3) is 0 Å². The summed E-state index contributed by atoms with van der Waals surface area (Å²) >= 11 is 0. The second-order valence-electron chi connectivity index (χ2n) is 5.45. The predicted molar refractivity (Wildman–Crippen MR) is 85.4 cm³/mol. The van der Waals surface area contributed by atoms with Crippen molar-refractivity contribution in [3.05, 3.63) is 77.4 Å². The molecular formula is C19H18O2. The number of hydrogen-bond donors (Lipinski definition) is 2. The highest BCUT2D eigenvalue weighted by atomic mass is 16.3. The largest absolute Gasteiger partial charge is 0.508 e. The summed E-state index contributed by atoms with van der Waals surface area (Å²) in [5.74, 6) is 0.989.